The molecule has 1 heterocycles. The molecule has 0 nitrogen and oxygen atoms in total. The molecule has 0 N–H and O–H groups in total. The molecule has 18 heavy (non-hydrogen) atoms. The molecule has 0 saturated heterocycles. The summed E-state index contributed by atoms with van der Waals surface area (Å²) in [4.78, 5) is 1.44. The van der Waals surface area contributed by atoms with Crippen molar-refractivity contribution in [2.75, 3.05) is 0 Å². The number of thiophene rings is 1. The zero-order valence-corrected chi connectivity index (χ0v) is 11.8. The number of aryl methyl sites for hydroxylation is 1. The summed E-state index contributed by atoms with van der Waals surface area (Å²) in [6.45, 7) is 2.28. The first kappa shape index (κ1) is 12.0. The van der Waals surface area contributed by atoms with Crippen molar-refractivity contribution in [3.8, 4) is 10.4 Å². The highest BCUT2D eigenvalue weighted by molar-refractivity contribution is 7.13. The van der Waals surface area contributed by atoms with Crippen molar-refractivity contribution in [1.29, 1.82) is 0 Å². The SMILES string of the molecule is CCCCc1cccc(-c2cccs2)c1C1CC1. The predicted octanol–water partition coefficient (Wildman–Crippen LogP) is 5.64. The molecular weight excluding hydrogens is 236 g/mol. The van der Waals surface area contributed by atoms with Crippen molar-refractivity contribution in [2.24, 2.45) is 0 Å². The van der Waals surface area contributed by atoms with Crippen LogP contribution in [0.5, 0.6) is 0 Å². The normalized spacial score (nSPS) is 14.9. The largest absolute Gasteiger partial charge is 0.144 e. The van der Waals surface area contributed by atoms with Gasteiger partial charge in [0.15, 0.2) is 0 Å². The number of benzene rings is 1. The van der Waals surface area contributed by atoms with Crippen molar-refractivity contribution in [3.63, 3.8) is 0 Å². The van der Waals surface area contributed by atoms with Crippen molar-refractivity contribution in [2.45, 2.75) is 44.9 Å². The van der Waals surface area contributed by atoms with Crippen molar-refractivity contribution < 1.29 is 0 Å². The van der Waals surface area contributed by atoms with E-state index in [-0.39, 0.29) is 0 Å². The van der Waals surface area contributed by atoms with Crippen LogP contribution >= 0.6 is 11.3 Å². The fourth-order valence-electron chi connectivity index (χ4n) is 2.70. The maximum absolute atomic E-state index is 2.35. The average Bonchev–Trinajstić information content (AvgIpc) is 3.10. The summed E-state index contributed by atoms with van der Waals surface area (Å²) in [7, 11) is 0. The van der Waals surface area contributed by atoms with E-state index in [0.29, 0.717) is 0 Å². The molecule has 1 saturated carbocycles. The first-order valence-electron chi connectivity index (χ1n) is 7.06. The summed E-state index contributed by atoms with van der Waals surface area (Å²) >= 11 is 1.87. The highest BCUT2D eigenvalue weighted by atomic mass is 32.1. The molecule has 0 bridgehead atoms. The van der Waals surface area contributed by atoms with Gasteiger partial charge in [-0.05, 0) is 59.7 Å². The monoisotopic (exact) mass is 256 g/mol. The van der Waals surface area contributed by atoms with E-state index >= 15 is 0 Å². The van der Waals surface area contributed by atoms with Crippen LogP contribution in [-0.2, 0) is 6.42 Å². The highest BCUT2D eigenvalue weighted by Crippen LogP contribution is 2.47. The summed E-state index contributed by atoms with van der Waals surface area (Å²) < 4.78 is 0. The van der Waals surface area contributed by atoms with Gasteiger partial charge in [0.25, 0.3) is 0 Å². The smallest absolute Gasteiger partial charge is 0.0345 e. The molecule has 0 unspecified atom stereocenters. The fraction of sp³-hybridized carbons (Fsp3) is 0.412. The van der Waals surface area contributed by atoms with Gasteiger partial charge in [-0.2, -0.15) is 0 Å². The molecule has 0 amide bonds. The molecule has 3 rings (SSSR count). The van der Waals surface area contributed by atoms with Gasteiger partial charge in [0.1, 0.15) is 0 Å². The topological polar surface area (TPSA) is 0 Å². The Bertz CT molecular complexity index is 506. The van der Waals surface area contributed by atoms with E-state index in [0.717, 1.165) is 5.92 Å². The van der Waals surface area contributed by atoms with Crippen molar-refractivity contribution in [3.05, 3.63) is 46.8 Å². The molecule has 1 aromatic heterocycles. The third-order valence-electron chi connectivity index (χ3n) is 3.77. The summed E-state index contributed by atoms with van der Waals surface area (Å²) in [5.74, 6) is 0.843. The number of hydrogen-bond acceptors (Lipinski definition) is 1. The van der Waals surface area contributed by atoms with E-state index in [1.165, 1.54) is 42.5 Å². The van der Waals surface area contributed by atoms with Gasteiger partial charge in [0.2, 0.25) is 0 Å². The zero-order valence-electron chi connectivity index (χ0n) is 11.0. The minimum absolute atomic E-state index is 0.843. The van der Waals surface area contributed by atoms with Crippen LogP contribution < -0.4 is 0 Å². The number of hydrogen-bond donors (Lipinski definition) is 0. The van der Waals surface area contributed by atoms with Gasteiger partial charge >= 0.3 is 0 Å². The molecule has 0 aliphatic heterocycles. The molecule has 2 aromatic rings. The number of rotatable bonds is 5. The van der Waals surface area contributed by atoms with Crippen LogP contribution in [0.25, 0.3) is 10.4 Å². The van der Waals surface area contributed by atoms with Crippen LogP contribution in [-0.4, -0.2) is 0 Å². The molecule has 1 aliphatic carbocycles. The molecule has 0 atom stereocenters. The van der Waals surface area contributed by atoms with E-state index in [2.05, 4.69) is 42.6 Å². The Balaban J connectivity index is 2.02. The second kappa shape index (κ2) is 5.27. The van der Waals surface area contributed by atoms with Gasteiger partial charge in [0.05, 0.1) is 0 Å². The van der Waals surface area contributed by atoms with Gasteiger partial charge in [0, 0.05) is 4.88 Å². The van der Waals surface area contributed by atoms with E-state index < -0.39 is 0 Å². The van der Waals surface area contributed by atoms with Gasteiger partial charge in [-0.1, -0.05) is 37.6 Å². The summed E-state index contributed by atoms with van der Waals surface area (Å²) in [5, 5.41) is 2.19. The molecule has 0 radical (unpaired) electrons. The van der Waals surface area contributed by atoms with Crippen LogP contribution in [0, 0.1) is 0 Å². The average molecular weight is 256 g/mol. The molecule has 1 fully saturated rings. The van der Waals surface area contributed by atoms with Gasteiger partial charge < -0.3 is 0 Å². The first-order valence-corrected chi connectivity index (χ1v) is 7.93. The Hall–Kier alpha value is -1.08. The highest BCUT2D eigenvalue weighted by Gasteiger charge is 2.28. The summed E-state index contributed by atoms with van der Waals surface area (Å²) in [6, 6.07) is 11.3. The second-order valence-corrected chi connectivity index (χ2v) is 6.18. The minimum atomic E-state index is 0.843. The van der Waals surface area contributed by atoms with Crippen LogP contribution in [0.4, 0.5) is 0 Å². The fourth-order valence-corrected chi connectivity index (χ4v) is 3.46. The lowest BCUT2D eigenvalue weighted by molar-refractivity contribution is 0.787. The number of unbranched alkanes of at least 4 members (excludes halogenated alkanes) is 1. The maximum atomic E-state index is 2.35. The summed E-state index contributed by atoms with van der Waals surface area (Å²) in [5.41, 5.74) is 4.76. The van der Waals surface area contributed by atoms with E-state index in [1.807, 2.05) is 11.3 Å². The van der Waals surface area contributed by atoms with Gasteiger partial charge in [-0.25, -0.2) is 0 Å². The van der Waals surface area contributed by atoms with Crippen LogP contribution in [0.2, 0.25) is 0 Å². The van der Waals surface area contributed by atoms with Crippen LogP contribution in [0.1, 0.15) is 49.7 Å². The first-order chi connectivity index (χ1) is 8.90. The standard InChI is InChI=1S/C17H20S/c1-2-3-6-13-7-4-8-15(16-9-5-12-18-16)17(13)14-10-11-14/h4-5,7-9,12,14H,2-3,6,10-11H2,1H3. The van der Waals surface area contributed by atoms with Crippen LogP contribution in [0.3, 0.4) is 0 Å². The van der Waals surface area contributed by atoms with Crippen molar-refractivity contribution >= 4 is 11.3 Å². The Labute approximate surface area is 114 Å². The molecule has 1 heteroatoms. The lowest BCUT2D eigenvalue weighted by Crippen LogP contribution is -1.95. The van der Waals surface area contributed by atoms with Crippen molar-refractivity contribution in [1.82, 2.24) is 0 Å². The molecule has 94 valence electrons. The summed E-state index contributed by atoms with van der Waals surface area (Å²) in [6.07, 6.45) is 6.63. The lowest BCUT2D eigenvalue weighted by Gasteiger charge is -2.13. The zero-order chi connectivity index (χ0) is 12.4. The Morgan fingerprint density at radius 1 is 1.17 bits per heavy atom. The third kappa shape index (κ3) is 2.37. The maximum Gasteiger partial charge on any atom is 0.0345 e. The molecule has 0 spiro atoms. The molecule has 1 aromatic carbocycles. The van der Waals surface area contributed by atoms with Crippen LogP contribution in [0.15, 0.2) is 35.7 Å². The quantitative estimate of drug-likeness (QED) is 0.650. The van der Waals surface area contributed by atoms with E-state index in [9.17, 15) is 0 Å². The van der Waals surface area contributed by atoms with E-state index in [1.54, 1.807) is 11.1 Å². The van der Waals surface area contributed by atoms with Gasteiger partial charge in [-0.15, -0.1) is 11.3 Å². The van der Waals surface area contributed by atoms with Gasteiger partial charge in [-0.3, -0.25) is 0 Å². The lowest BCUT2D eigenvalue weighted by atomic mass is 9.93. The minimum Gasteiger partial charge on any atom is -0.144 e. The molecule has 1 aliphatic rings. The Morgan fingerprint density at radius 3 is 2.72 bits per heavy atom. The second-order valence-electron chi connectivity index (χ2n) is 5.23. The third-order valence-corrected chi connectivity index (χ3v) is 4.67. The molecular formula is C17H20S. The van der Waals surface area contributed by atoms with E-state index in [4.69, 9.17) is 0 Å². The predicted molar refractivity (Wildman–Crippen MR) is 80.3 cm³/mol. The Morgan fingerprint density at radius 2 is 2.06 bits per heavy atom. The Kier molecular flexibility index (Phi) is 3.51.